The van der Waals surface area contributed by atoms with Gasteiger partial charge in [0.1, 0.15) is 22.8 Å². The molecular weight excluding hydrogens is 452 g/mol. The molecule has 0 aliphatic rings. The number of furan rings is 1. The van der Waals surface area contributed by atoms with Crippen LogP contribution < -0.4 is 5.73 Å². The number of aliphatic hydroxyl groups excluding tert-OH is 1. The fourth-order valence-electron chi connectivity index (χ4n) is 3.64. The molecule has 0 radical (unpaired) electrons. The standard InChI is InChI=1S/C25H24N4O4S/c1-15(29(14-31)13-18-12-27-16(2)28-24(18)26)23(9-10-30)34-25(32)17-7-8-22-20(11-17)19-5-3-4-6-21(19)33-22/h3-8,11-12,14,30H,9-10,13H2,1-2H3,(H2,26,27,28)/b23-15-. The molecule has 0 saturated heterocycles. The third kappa shape index (κ3) is 4.80. The van der Waals surface area contributed by atoms with E-state index in [4.69, 9.17) is 10.2 Å². The average molecular weight is 477 g/mol. The average Bonchev–Trinajstić information content (AvgIpc) is 3.21. The lowest BCUT2D eigenvalue weighted by atomic mass is 10.1. The van der Waals surface area contributed by atoms with E-state index in [0.29, 0.717) is 45.4 Å². The van der Waals surface area contributed by atoms with Crippen molar-refractivity contribution in [1.29, 1.82) is 0 Å². The van der Waals surface area contributed by atoms with E-state index in [1.165, 1.54) is 4.90 Å². The molecule has 0 saturated carbocycles. The predicted molar refractivity (Wildman–Crippen MR) is 133 cm³/mol. The number of thioether (sulfide) groups is 1. The van der Waals surface area contributed by atoms with E-state index in [1.807, 2.05) is 30.3 Å². The van der Waals surface area contributed by atoms with E-state index in [9.17, 15) is 14.7 Å². The van der Waals surface area contributed by atoms with E-state index in [2.05, 4.69) is 9.97 Å². The minimum atomic E-state index is -0.195. The van der Waals surface area contributed by atoms with Crippen molar-refractivity contribution < 1.29 is 19.1 Å². The van der Waals surface area contributed by atoms with Crippen LogP contribution in [0.5, 0.6) is 0 Å². The number of para-hydroxylation sites is 1. The summed E-state index contributed by atoms with van der Waals surface area (Å²) < 4.78 is 5.84. The van der Waals surface area contributed by atoms with Gasteiger partial charge in [-0.2, -0.15) is 0 Å². The second kappa shape index (κ2) is 10.1. The van der Waals surface area contributed by atoms with Crippen LogP contribution in [0.2, 0.25) is 0 Å². The number of rotatable bonds is 8. The van der Waals surface area contributed by atoms with Gasteiger partial charge in [0.2, 0.25) is 11.5 Å². The number of nitrogen functional groups attached to an aromatic ring is 1. The van der Waals surface area contributed by atoms with E-state index < -0.39 is 0 Å². The maximum Gasteiger partial charge on any atom is 0.223 e. The SMILES string of the molecule is C/C(=C(\CCO)SC(=O)c1ccc2oc3ccccc3c2c1)N(C=O)Cc1cnc(C)nc1N. The second-order valence-electron chi connectivity index (χ2n) is 7.74. The van der Waals surface area contributed by atoms with Gasteiger partial charge in [-0.25, -0.2) is 9.97 Å². The first kappa shape index (κ1) is 23.5. The maximum atomic E-state index is 13.2. The Hall–Kier alpha value is -3.69. The van der Waals surface area contributed by atoms with Crippen molar-refractivity contribution in [2.75, 3.05) is 12.3 Å². The Labute approximate surface area is 200 Å². The number of allylic oxidation sites excluding steroid dienone is 1. The molecule has 0 aliphatic carbocycles. The number of hydrogen-bond acceptors (Lipinski definition) is 8. The molecule has 34 heavy (non-hydrogen) atoms. The monoisotopic (exact) mass is 476 g/mol. The Morgan fingerprint density at radius 1 is 1.21 bits per heavy atom. The lowest BCUT2D eigenvalue weighted by Crippen LogP contribution is -2.22. The van der Waals surface area contributed by atoms with Crippen LogP contribution in [0.25, 0.3) is 21.9 Å². The molecule has 0 fully saturated rings. The first-order valence-corrected chi connectivity index (χ1v) is 11.5. The van der Waals surface area contributed by atoms with Crippen molar-refractivity contribution in [2.24, 2.45) is 0 Å². The number of carbonyl (C=O) groups excluding carboxylic acids is 2. The summed E-state index contributed by atoms with van der Waals surface area (Å²) in [7, 11) is 0. The molecule has 2 heterocycles. The summed E-state index contributed by atoms with van der Waals surface area (Å²) in [6.45, 7) is 3.45. The Balaban J connectivity index is 1.62. The van der Waals surface area contributed by atoms with Gasteiger partial charge in [-0.05, 0) is 49.9 Å². The molecule has 0 spiro atoms. The normalized spacial score (nSPS) is 12.1. The molecule has 174 valence electrons. The molecule has 0 unspecified atom stereocenters. The zero-order valence-corrected chi connectivity index (χ0v) is 19.6. The number of nitrogens with zero attached hydrogens (tertiary/aromatic N) is 3. The van der Waals surface area contributed by atoms with Crippen LogP contribution in [0.3, 0.4) is 0 Å². The van der Waals surface area contributed by atoms with Crippen molar-refractivity contribution >= 4 is 51.0 Å². The van der Waals surface area contributed by atoms with Gasteiger partial charge in [0.25, 0.3) is 0 Å². The lowest BCUT2D eigenvalue weighted by Gasteiger charge is -2.22. The highest BCUT2D eigenvalue weighted by Gasteiger charge is 2.18. The van der Waals surface area contributed by atoms with Crippen LogP contribution in [-0.4, -0.2) is 38.1 Å². The van der Waals surface area contributed by atoms with Crippen molar-refractivity contribution in [3.05, 3.63) is 76.2 Å². The Kier molecular flexibility index (Phi) is 6.95. The van der Waals surface area contributed by atoms with Gasteiger partial charge in [0.05, 0.1) is 6.54 Å². The van der Waals surface area contributed by atoms with Gasteiger partial charge in [0.15, 0.2) is 0 Å². The summed E-state index contributed by atoms with van der Waals surface area (Å²) in [6.07, 6.45) is 2.47. The van der Waals surface area contributed by atoms with Crippen molar-refractivity contribution in [1.82, 2.24) is 14.9 Å². The van der Waals surface area contributed by atoms with E-state index in [-0.39, 0.29) is 24.7 Å². The third-order valence-corrected chi connectivity index (χ3v) is 6.65. The van der Waals surface area contributed by atoms with Crippen LogP contribution in [0.15, 0.2) is 63.7 Å². The van der Waals surface area contributed by atoms with Gasteiger partial charge in [-0.15, -0.1) is 0 Å². The summed E-state index contributed by atoms with van der Waals surface area (Å²) in [5.74, 6) is 0.830. The minimum Gasteiger partial charge on any atom is -0.456 e. The first-order valence-electron chi connectivity index (χ1n) is 10.6. The number of aliphatic hydroxyl groups is 1. The van der Waals surface area contributed by atoms with Crippen molar-refractivity contribution in [2.45, 2.75) is 26.8 Å². The quantitative estimate of drug-likeness (QED) is 0.359. The molecule has 0 aliphatic heterocycles. The highest BCUT2D eigenvalue weighted by Crippen LogP contribution is 2.33. The highest BCUT2D eigenvalue weighted by atomic mass is 32.2. The molecule has 4 rings (SSSR count). The Bertz CT molecular complexity index is 1410. The van der Waals surface area contributed by atoms with E-state index in [1.54, 1.807) is 32.2 Å². The van der Waals surface area contributed by atoms with Gasteiger partial charge in [-0.3, -0.25) is 9.59 Å². The fourth-order valence-corrected chi connectivity index (χ4v) is 4.57. The Morgan fingerprint density at radius 3 is 2.71 bits per heavy atom. The molecule has 3 N–H and O–H groups in total. The summed E-state index contributed by atoms with van der Waals surface area (Å²) in [5.41, 5.74) is 9.08. The van der Waals surface area contributed by atoms with Gasteiger partial charge >= 0.3 is 0 Å². The number of nitrogens with two attached hydrogens (primary N) is 1. The zero-order chi connectivity index (χ0) is 24.2. The van der Waals surface area contributed by atoms with Crippen LogP contribution in [0.4, 0.5) is 5.82 Å². The number of benzene rings is 2. The maximum absolute atomic E-state index is 13.2. The summed E-state index contributed by atoms with van der Waals surface area (Å²) in [6, 6.07) is 13.0. The Morgan fingerprint density at radius 2 is 1.97 bits per heavy atom. The fraction of sp³-hybridized carbons (Fsp3) is 0.200. The van der Waals surface area contributed by atoms with Crippen LogP contribution in [0, 0.1) is 6.92 Å². The van der Waals surface area contributed by atoms with Crippen LogP contribution >= 0.6 is 11.8 Å². The molecule has 8 nitrogen and oxygen atoms in total. The molecule has 0 atom stereocenters. The first-order chi connectivity index (χ1) is 16.4. The van der Waals surface area contributed by atoms with Gasteiger partial charge in [-0.1, -0.05) is 18.2 Å². The van der Waals surface area contributed by atoms with E-state index in [0.717, 1.165) is 28.1 Å². The summed E-state index contributed by atoms with van der Waals surface area (Å²) >= 11 is 0.995. The van der Waals surface area contributed by atoms with E-state index >= 15 is 0 Å². The third-order valence-electron chi connectivity index (χ3n) is 5.49. The van der Waals surface area contributed by atoms with Crippen molar-refractivity contribution in [3.63, 3.8) is 0 Å². The number of amides is 1. The highest BCUT2D eigenvalue weighted by molar-refractivity contribution is 8.17. The van der Waals surface area contributed by atoms with Crippen LogP contribution in [-0.2, 0) is 11.3 Å². The van der Waals surface area contributed by atoms with Gasteiger partial charge < -0.3 is 20.2 Å². The smallest absolute Gasteiger partial charge is 0.223 e. The van der Waals surface area contributed by atoms with Crippen LogP contribution in [0.1, 0.15) is 35.1 Å². The molecule has 0 bridgehead atoms. The molecule has 2 aromatic heterocycles. The minimum absolute atomic E-state index is 0.151. The molecule has 9 heteroatoms. The predicted octanol–water partition coefficient (Wildman–Crippen LogP) is 4.41. The number of hydrogen-bond donors (Lipinski definition) is 2. The zero-order valence-electron chi connectivity index (χ0n) is 18.8. The topological polar surface area (TPSA) is 123 Å². The van der Waals surface area contributed by atoms with Crippen molar-refractivity contribution in [3.8, 4) is 0 Å². The summed E-state index contributed by atoms with van der Waals surface area (Å²) in [4.78, 5) is 35.3. The number of anilines is 1. The number of aryl methyl sites for hydroxylation is 1. The molecule has 4 aromatic rings. The largest absolute Gasteiger partial charge is 0.456 e. The lowest BCUT2D eigenvalue weighted by molar-refractivity contribution is -0.116. The molecule has 2 aromatic carbocycles. The molecule has 1 amide bonds. The second-order valence-corrected chi connectivity index (χ2v) is 8.81. The summed E-state index contributed by atoms with van der Waals surface area (Å²) in [5, 5.41) is 11.2. The number of carbonyl (C=O) groups is 2. The number of fused-ring (bicyclic) bond motifs is 3. The number of aromatic nitrogens is 2. The molecular formula is C25H24N4O4S. The van der Waals surface area contributed by atoms with Gasteiger partial charge in [0, 0.05) is 51.7 Å².